The van der Waals surface area contributed by atoms with Crippen molar-refractivity contribution >= 4 is 5.97 Å². The summed E-state index contributed by atoms with van der Waals surface area (Å²) in [5.74, 6) is -0.871. The standard InChI is InChI=1S/C23H38O5/c1-5-6-11-14-19(24)20(25)15-12-9-7-8-10-13-17-23(4,28)22(2,3)18-16-21(26)27/h7-10,12-13,15,17,19-20,24-25,28H,5-6,11,14,16,18H2,1-4H3,(H,26,27)/b9-7+,10-8+,15-12+,17-13+. The van der Waals surface area contributed by atoms with E-state index in [1.54, 1.807) is 55.5 Å². The Morgan fingerprint density at radius 3 is 2.11 bits per heavy atom. The minimum Gasteiger partial charge on any atom is -0.481 e. The lowest BCUT2D eigenvalue weighted by atomic mass is 9.72. The second-order valence-corrected chi connectivity index (χ2v) is 7.99. The Morgan fingerprint density at radius 2 is 1.54 bits per heavy atom. The largest absolute Gasteiger partial charge is 0.481 e. The number of rotatable bonds is 14. The van der Waals surface area contributed by atoms with Gasteiger partial charge in [0.25, 0.3) is 0 Å². The minimum atomic E-state index is -1.13. The molecule has 160 valence electrons. The quantitative estimate of drug-likeness (QED) is 0.262. The van der Waals surface area contributed by atoms with Crippen LogP contribution in [0.4, 0.5) is 0 Å². The molecule has 0 aromatic heterocycles. The maximum atomic E-state index is 10.7. The van der Waals surface area contributed by atoms with Crippen molar-refractivity contribution in [2.45, 2.75) is 84.0 Å². The van der Waals surface area contributed by atoms with E-state index in [9.17, 15) is 20.1 Å². The molecule has 28 heavy (non-hydrogen) atoms. The lowest BCUT2D eigenvalue weighted by Crippen LogP contribution is -2.40. The Kier molecular flexibility index (Phi) is 12.7. The molecule has 5 nitrogen and oxygen atoms in total. The topological polar surface area (TPSA) is 98.0 Å². The number of carbonyl (C=O) groups is 1. The average molecular weight is 395 g/mol. The Labute approximate surface area is 169 Å². The van der Waals surface area contributed by atoms with Crippen LogP contribution in [-0.4, -0.2) is 44.2 Å². The van der Waals surface area contributed by atoms with Crippen molar-refractivity contribution in [3.05, 3.63) is 48.6 Å². The second-order valence-electron chi connectivity index (χ2n) is 7.99. The molecule has 0 aliphatic heterocycles. The van der Waals surface area contributed by atoms with Crippen LogP contribution in [-0.2, 0) is 4.79 Å². The Balaban J connectivity index is 4.45. The summed E-state index contributed by atoms with van der Waals surface area (Å²) in [7, 11) is 0. The van der Waals surface area contributed by atoms with Gasteiger partial charge in [-0.15, -0.1) is 0 Å². The van der Waals surface area contributed by atoms with Gasteiger partial charge in [-0.05, 0) is 25.2 Å². The molecule has 0 aliphatic carbocycles. The van der Waals surface area contributed by atoms with Gasteiger partial charge in [-0.3, -0.25) is 4.79 Å². The van der Waals surface area contributed by atoms with E-state index in [1.165, 1.54) is 0 Å². The van der Waals surface area contributed by atoms with Crippen molar-refractivity contribution in [2.75, 3.05) is 0 Å². The van der Waals surface area contributed by atoms with Crippen molar-refractivity contribution in [3.8, 4) is 0 Å². The number of hydrogen-bond donors (Lipinski definition) is 4. The van der Waals surface area contributed by atoms with Gasteiger partial charge in [0, 0.05) is 6.42 Å². The van der Waals surface area contributed by atoms with Crippen molar-refractivity contribution in [1.29, 1.82) is 0 Å². The third-order valence-corrected chi connectivity index (χ3v) is 5.12. The fourth-order valence-corrected chi connectivity index (χ4v) is 2.48. The first-order chi connectivity index (χ1) is 13.0. The lowest BCUT2D eigenvalue weighted by Gasteiger charge is -2.37. The first-order valence-corrected chi connectivity index (χ1v) is 10.0. The number of hydrogen-bond acceptors (Lipinski definition) is 4. The predicted octanol–water partition coefficient (Wildman–Crippen LogP) is 4.16. The molecule has 0 saturated heterocycles. The first-order valence-electron chi connectivity index (χ1n) is 10.0. The zero-order valence-corrected chi connectivity index (χ0v) is 17.7. The average Bonchev–Trinajstić information content (AvgIpc) is 2.61. The molecule has 0 heterocycles. The van der Waals surface area contributed by atoms with Gasteiger partial charge in [-0.2, -0.15) is 0 Å². The molecule has 5 heteroatoms. The molecule has 0 radical (unpaired) electrons. The van der Waals surface area contributed by atoms with Crippen LogP contribution >= 0.6 is 0 Å². The molecule has 0 rings (SSSR count). The first kappa shape index (κ1) is 26.3. The van der Waals surface area contributed by atoms with Crippen LogP contribution in [0.3, 0.4) is 0 Å². The predicted molar refractivity (Wildman–Crippen MR) is 114 cm³/mol. The van der Waals surface area contributed by atoms with E-state index in [4.69, 9.17) is 5.11 Å². The Hall–Kier alpha value is -1.69. The van der Waals surface area contributed by atoms with Gasteiger partial charge in [0.05, 0.1) is 17.8 Å². The molecule has 0 amide bonds. The van der Waals surface area contributed by atoms with Gasteiger partial charge < -0.3 is 20.4 Å². The molecule has 0 spiro atoms. The fourth-order valence-electron chi connectivity index (χ4n) is 2.48. The maximum absolute atomic E-state index is 10.7. The summed E-state index contributed by atoms with van der Waals surface area (Å²) in [5, 5.41) is 39.1. The normalized spacial score (nSPS) is 17.7. The van der Waals surface area contributed by atoms with E-state index in [-0.39, 0.29) is 6.42 Å². The number of aliphatic carboxylic acids is 1. The monoisotopic (exact) mass is 394 g/mol. The van der Waals surface area contributed by atoms with Gasteiger partial charge in [0.1, 0.15) is 0 Å². The Bertz CT molecular complexity index is 555. The third-order valence-electron chi connectivity index (χ3n) is 5.12. The second kappa shape index (κ2) is 13.5. The van der Waals surface area contributed by atoms with Gasteiger partial charge in [-0.1, -0.05) is 88.6 Å². The summed E-state index contributed by atoms with van der Waals surface area (Å²) in [6.45, 7) is 7.45. The van der Waals surface area contributed by atoms with Crippen LogP contribution < -0.4 is 0 Å². The molecule has 0 fully saturated rings. The zero-order chi connectivity index (χ0) is 21.6. The number of carboxylic acids is 1. The molecular weight excluding hydrogens is 356 g/mol. The molecular formula is C23H38O5. The summed E-state index contributed by atoms with van der Waals surface area (Å²) in [4.78, 5) is 10.7. The highest BCUT2D eigenvalue weighted by Gasteiger charge is 2.37. The van der Waals surface area contributed by atoms with Crippen LogP contribution in [0.2, 0.25) is 0 Å². The molecule has 0 aromatic carbocycles. The third kappa shape index (κ3) is 11.2. The van der Waals surface area contributed by atoms with Gasteiger partial charge in [-0.25, -0.2) is 0 Å². The summed E-state index contributed by atoms with van der Waals surface area (Å²) in [6, 6.07) is 0. The van der Waals surface area contributed by atoms with E-state index < -0.39 is 29.2 Å². The molecule has 0 bridgehead atoms. The molecule has 0 saturated carbocycles. The summed E-state index contributed by atoms with van der Waals surface area (Å²) >= 11 is 0. The Morgan fingerprint density at radius 1 is 0.964 bits per heavy atom. The molecule has 0 aromatic rings. The summed E-state index contributed by atoms with van der Waals surface area (Å²) < 4.78 is 0. The van der Waals surface area contributed by atoms with Gasteiger partial charge >= 0.3 is 5.97 Å². The van der Waals surface area contributed by atoms with Crippen LogP contribution in [0.15, 0.2) is 48.6 Å². The molecule has 3 atom stereocenters. The van der Waals surface area contributed by atoms with Gasteiger partial charge in [0.15, 0.2) is 0 Å². The zero-order valence-electron chi connectivity index (χ0n) is 17.7. The molecule has 0 aliphatic rings. The molecule has 4 N–H and O–H groups in total. The summed E-state index contributed by atoms with van der Waals surface area (Å²) in [6.07, 6.45) is 16.1. The van der Waals surface area contributed by atoms with Crippen LogP contribution in [0.5, 0.6) is 0 Å². The van der Waals surface area contributed by atoms with E-state index in [0.717, 1.165) is 19.3 Å². The number of carboxylic acid groups (broad SMARTS) is 1. The number of unbranched alkanes of at least 4 members (excludes halogenated alkanes) is 2. The van der Waals surface area contributed by atoms with Crippen LogP contribution in [0.1, 0.15) is 66.2 Å². The smallest absolute Gasteiger partial charge is 0.303 e. The number of allylic oxidation sites excluding steroid dienone is 6. The minimum absolute atomic E-state index is 0.0149. The SMILES string of the molecule is CCCCCC(O)C(O)/C=C/C=C/C=C/C=C/C(C)(O)C(C)(C)CCC(=O)O. The van der Waals surface area contributed by atoms with Crippen LogP contribution in [0, 0.1) is 5.41 Å². The van der Waals surface area contributed by atoms with E-state index in [2.05, 4.69) is 6.92 Å². The van der Waals surface area contributed by atoms with Crippen LogP contribution in [0.25, 0.3) is 0 Å². The molecule has 3 unspecified atom stereocenters. The highest BCUT2D eigenvalue weighted by Crippen LogP contribution is 2.36. The van der Waals surface area contributed by atoms with Gasteiger partial charge in [0.2, 0.25) is 0 Å². The van der Waals surface area contributed by atoms with Crippen molar-refractivity contribution in [2.24, 2.45) is 5.41 Å². The lowest BCUT2D eigenvalue weighted by molar-refractivity contribution is -0.138. The number of aliphatic hydroxyl groups excluding tert-OH is 2. The highest BCUT2D eigenvalue weighted by atomic mass is 16.4. The van der Waals surface area contributed by atoms with E-state index in [0.29, 0.717) is 12.8 Å². The fraction of sp³-hybridized carbons (Fsp3) is 0.609. The van der Waals surface area contributed by atoms with E-state index in [1.807, 2.05) is 13.8 Å². The maximum Gasteiger partial charge on any atom is 0.303 e. The number of aliphatic hydroxyl groups is 3. The van der Waals surface area contributed by atoms with Crippen molar-refractivity contribution in [3.63, 3.8) is 0 Å². The summed E-state index contributed by atoms with van der Waals surface area (Å²) in [5.41, 5.74) is -1.70. The van der Waals surface area contributed by atoms with E-state index >= 15 is 0 Å². The van der Waals surface area contributed by atoms with Crippen molar-refractivity contribution in [1.82, 2.24) is 0 Å². The highest BCUT2D eigenvalue weighted by molar-refractivity contribution is 5.66. The van der Waals surface area contributed by atoms with Crippen molar-refractivity contribution < 1.29 is 25.2 Å².